The van der Waals surface area contributed by atoms with Gasteiger partial charge in [-0.1, -0.05) is 0 Å². The van der Waals surface area contributed by atoms with E-state index in [0.717, 1.165) is 113 Å². The van der Waals surface area contributed by atoms with Crippen LogP contribution >= 0.6 is 0 Å². The average molecular weight is 1810 g/mol. The standard InChI is InChI=1S/3C22H27FN8O2.C21H24F2N8O/c1-12(13(2)32)30-11-15(9-25-30)29-6-4-5-14(10-29)20-27-21-16-7-17(23)19(33-3)8-18(16)26-22(24)31(21)28-20;2*1-12(13(2)32)30-11-16(9-25-30)29-6-4-5-14(10-29)20-27-21-17-7-15(23)8-18(33-3)19(17)26-22(24)31(21)28-20;1-11(12(2)32)30-10-15(8-25-30)29-5-3-4-13(9-29)19-27-20-16-6-14(22)7-17(23)18(16)26-21(24)31(20)28-19/h3*7-9,11-14,32H,4-6,10H2,1-3H3,(H2,24,26);6-8,10-13,32H,3-5,9H2,1-2H3,(H2,24,26)/t12-,13+,14-;12-,13+,14+;12-,13+,14-;11-,12+,13+/m1010/s1. The Balaban J connectivity index is 0.000000122. The lowest BCUT2D eigenvalue weighted by atomic mass is 9.97. The van der Waals surface area contributed by atoms with Gasteiger partial charge >= 0.3 is 0 Å². The molecule has 0 spiro atoms. The summed E-state index contributed by atoms with van der Waals surface area (Å²) >= 11 is 0. The average Bonchev–Trinajstić information content (AvgIpc) is 1.64. The predicted molar refractivity (Wildman–Crippen MR) is 481 cm³/mol. The summed E-state index contributed by atoms with van der Waals surface area (Å²) < 4.78 is 99.4. The molecule has 4 aromatic carbocycles. The molecule has 44 heteroatoms. The molecule has 0 radical (unpaired) electrons. The Morgan fingerprint density at radius 3 is 0.924 bits per heavy atom. The fraction of sp³-hybridized carbons (Fsp3) is 0.448. The number of nitrogens with zero attached hydrogens (tertiary/aromatic N) is 28. The number of piperidine rings is 4. The maximum atomic E-state index is 14.4. The molecule has 4 saturated heterocycles. The SMILES string of the molecule is COc1cc(F)cc2c1nc(N)n1nc([C@@H]3CCCN(c4cnn([C@@H](C)[C@@H](C)O)c4)C3)nc21.COc1cc(F)cc2c1nc(N)n1nc([C@@H]3CCCN(c4cnn([C@H](C)[C@H](C)O)c4)C3)nc21.COc1cc2nc(N)n3nc([C@@H]4CCCN(c5cnn([C@H](C)[C@H](C)O)c5)C4)nc3c2cc1F.C[C@@H](O)[C@H](C)n1cc(N2CCC[C@@H](c3nc4c5cc(F)cc(F)c5nc(N)n4n3)C2)cn1. The van der Waals surface area contributed by atoms with Crippen molar-refractivity contribution in [2.24, 2.45) is 0 Å². The van der Waals surface area contributed by atoms with E-state index in [0.29, 0.717) is 104 Å². The predicted octanol–water partition coefficient (Wildman–Crippen LogP) is 10.2. The molecule has 0 saturated carbocycles. The second kappa shape index (κ2) is 36.7. The van der Waals surface area contributed by atoms with Crippen molar-refractivity contribution in [2.75, 3.05) is 116 Å². The number of rotatable bonds is 19. The minimum atomic E-state index is -0.786. The number of halogens is 5. The van der Waals surface area contributed by atoms with Crippen LogP contribution in [0.2, 0.25) is 0 Å². The molecule has 131 heavy (non-hydrogen) atoms. The molecule has 39 nitrogen and oxygen atoms in total. The maximum Gasteiger partial charge on any atom is 0.223 e. The van der Waals surface area contributed by atoms with Gasteiger partial charge < -0.3 is 77.2 Å². The number of anilines is 8. The van der Waals surface area contributed by atoms with Gasteiger partial charge in [0.2, 0.25) is 23.8 Å². The second-order valence-electron chi connectivity index (χ2n) is 34.3. The fourth-order valence-corrected chi connectivity index (χ4v) is 17.3. The molecule has 4 aliphatic heterocycles. The molecular formula is C87H105F5N32O7. The molecule has 20 rings (SSSR count). The van der Waals surface area contributed by atoms with Crippen LogP contribution in [0.25, 0.3) is 66.2 Å². The third-order valence-electron chi connectivity index (χ3n) is 25.5. The van der Waals surface area contributed by atoms with E-state index in [1.165, 1.54) is 81.9 Å². The van der Waals surface area contributed by atoms with Crippen LogP contribution in [0.15, 0.2) is 98.1 Å². The van der Waals surface area contributed by atoms with Gasteiger partial charge in [-0.15, -0.1) is 20.4 Å². The van der Waals surface area contributed by atoms with E-state index in [-0.39, 0.29) is 93.9 Å². The number of methoxy groups -OCH3 is 3. The molecule has 0 bridgehead atoms. The van der Waals surface area contributed by atoms with Crippen molar-refractivity contribution in [1.82, 2.24) is 117 Å². The third-order valence-corrected chi connectivity index (χ3v) is 25.5. The zero-order valence-corrected chi connectivity index (χ0v) is 74.2. The second-order valence-corrected chi connectivity index (χ2v) is 34.3. The normalized spacial score (nSPS) is 18.8. The summed E-state index contributed by atoms with van der Waals surface area (Å²) in [6.07, 6.45) is 20.6. The smallest absolute Gasteiger partial charge is 0.223 e. The first-order chi connectivity index (χ1) is 62.9. The summed E-state index contributed by atoms with van der Waals surface area (Å²) in [4.78, 5) is 45.0. The van der Waals surface area contributed by atoms with Crippen LogP contribution in [0.5, 0.6) is 17.2 Å². The first-order valence-corrected chi connectivity index (χ1v) is 43.7. The minimum absolute atomic E-state index is 0.00203. The van der Waals surface area contributed by atoms with E-state index in [9.17, 15) is 42.4 Å². The largest absolute Gasteiger partial charge is 0.494 e. The summed E-state index contributed by atoms with van der Waals surface area (Å²) in [5.41, 5.74) is 31.5. The highest BCUT2D eigenvalue weighted by Crippen LogP contribution is 2.40. The zero-order valence-electron chi connectivity index (χ0n) is 74.2. The van der Waals surface area contributed by atoms with Crippen LogP contribution in [0, 0.1) is 29.1 Å². The first kappa shape index (κ1) is 89.2. The van der Waals surface area contributed by atoms with Crippen LogP contribution in [-0.2, 0) is 0 Å². The number of hydrogen-bond donors (Lipinski definition) is 8. The van der Waals surface area contributed by atoms with E-state index in [4.69, 9.17) is 52.1 Å². The fourth-order valence-electron chi connectivity index (χ4n) is 17.3. The zero-order chi connectivity index (χ0) is 92.4. The van der Waals surface area contributed by atoms with E-state index in [1.807, 2.05) is 71.1 Å². The highest BCUT2D eigenvalue weighted by molar-refractivity contribution is 5.98. The molecule has 0 aliphatic carbocycles. The Kier molecular flexibility index (Phi) is 25.0. The lowest BCUT2D eigenvalue weighted by Gasteiger charge is -2.32. The molecule has 16 heterocycles. The van der Waals surface area contributed by atoms with Crippen LogP contribution in [0.3, 0.4) is 0 Å². The Hall–Kier alpha value is -13.8. The summed E-state index contributed by atoms with van der Waals surface area (Å²) in [6.45, 7) is 21.1. The van der Waals surface area contributed by atoms with Crippen molar-refractivity contribution in [2.45, 2.75) is 179 Å². The van der Waals surface area contributed by atoms with Crippen LogP contribution in [0.1, 0.15) is 178 Å². The summed E-state index contributed by atoms with van der Waals surface area (Å²) in [5, 5.41) is 77.2. The number of benzene rings is 4. The van der Waals surface area contributed by atoms with Crippen molar-refractivity contribution in [1.29, 1.82) is 0 Å². The van der Waals surface area contributed by atoms with Gasteiger partial charge in [-0.05, 0) is 131 Å². The van der Waals surface area contributed by atoms with Crippen molar-refractivity contribution >= 4 is 113 Å². The monoisotopic (exact) mass is 1800 g/mol. The minimum Gasteiger partial charge on any atom is -0.494 e. The van der Waals surface area contributed by atoms with Crippen molar-refractivity contribution < 1.29 is 56.6 Å². The van der Waals surface area contributed by atoms with Crippen molar-refractivity contribution in [3.05, 3.63) is 150 Å². The third kappa shape index (κ3) is 17.8. The maximum absolute atomic E-state index is 14.4. The Bertz CT molecular complexity index is 6660. The summed E-state index contributed by atoms with van der Waals surface area (Å²) in [7, 11) is 4.34. The first-order valence-electron chi connectivity index (χ1n) is 43.7. The summed E-state index contributed by atoms with van der Waals surface area (Å²) in [5.74, 6) is 1.10. The molecule has 690 valence electrons. The lowest BCUT2D eigenvalue weighted by Crippen LogP contribution is -2.34. The number of fused-ring (bicyclic) bond motifs is 12. The van der Waals surface area contributed by atoms with Gasteiger partial charge in [0.25, 0.3) is 0 Å². The molecule has 16 aromatic rings. The van der Waals surface area contributed by atoms with E-state index in [1.54, 1.807) is 52.6 Å². The molecule has 4 aliphatic rings. The molecular weight excluding hydrogens is 1700 g/mol. The molecule has 12 atom stereocenters. The van der Waals surface area contributed by atoms with E-state index < -0.39 is 53.5 Å². The van der Waals surface area contributed by atoms with Crippen molar-refractivity contribution in [3.63, 3.8) is 0 Å². The number of aliphatic hydroxyl groups excluding tert-OH is 4. The topological polar surface area (TPSA) is 469 Å². The van der Waals surface area contributed by atoms with Gasteiger partial charge in [-0.25, -0.2) is 61.8 Å². The number of ether oxygens (including phenoxy) is 3. The van der Waals surface area contributed by atoms with Crippen molar-refractivity contribution in [3.8, 4) is 17.2 Å². The van der Waals surface area contributed by atoms with Crippen LogP contribution in [-0.4, -0.2) is 236 Å². The van der Waals surface area contributed by atoms with Crippen LogP contribution < -0.4 is 56.7 Å². The number of aliphatic hydroxyl groups is 4. The highest BCUT2D eigenvalue weighted by atomic mass is 19.1. The van der Waals surface area contributed by atoms with Gasteiger partial charge in [0.05, 0.1) is 139 Å². The lowest BCUT2D eigenvalue weighted by molar-refractivity contribution is 0.132. The number of nitrogens with two attached hydrogens (primary N) is 4. The van der Waals surface area contributed by atoms with E-state index >= 15 is 0 Å². The molecule has 4 fully saturated rings. The number of hydrogen-bond acceptors (Lipinski definition) is 31. The summed E-state index contributed by atoms with van der Waals surface area (Å²) in [6, 6.07) is 9.70. The quantitative estimate of drug-likeness (QED) is 0.0349. The van der Waals surface area contributed by atoms with E-state index in [2.05, 4.69) is 85.3 Å². The number of aromatic nitrogens is 24. The Morgan fingerprint density at radius 1 is 0.336 bits per heavy atom. The molecule has 0 amide bonds. The van der Waals surface area contributed by atoms with Gasteiger partial charge in [0.1, 0.15) is 45.5 Å². The highest BCUT2D eigenvalue weighted by Gasteiger charge is 2.34. The van der Waals surface area contributed by atoms with Gasteiger partial charge in [-0.2, -0.15) is 38.5 Å². The van der Waals surface area contributed by atoms with Gasteiger partial charge in [0.15, 0.2) is 63.3 Å². The Labute approximate surface area is 746 Å². The van der Waals surface area contributed by atoms with Gasteiger partial charge in [-0.3, -0.25) is 18.7 Å². The Morgan fingerprint density at radius 2 is 0.618 bits per heavy atom. The van der Waals surface area contributed by atoms with Gasteiger partial charge in [0, 0.05) is 130 Å². The molecule has 12 aromatic heterocycles. The molecule has 12 N–H and O–H groups in total. The number of nitrogen functional groups attached to an aromatic ring is 4. The van der Waals surface area contributed by atoms with Crippen LogP contribution in [0.4, 0.5) is 68.5 Å². The molecule has 0 unspecified atom stereocenters.